The van der Waals surface area contributed by atoms with Crippen LogP contribution in [0.2, 0.25) is 0 Å². The lowest BCUT2D eigenvalue weighted by atomic mass is 9.99. The van der Waals surface area contributed by atoms with Crippen molar-refractivity contribution in [1.82, 2.24) is 4.98 Å². The van der Waals surface area contributed by atoms with Gasteiger partial charge in [-0.1, -0.05) is 26.0 Å². The van der Waals surface area contributed by atoms with Gasteiger partial charge in [-0.25, -0.2) is 4.98 Å². The van der Waals surface area contributed by atoms with E-state index >= 15 is 0 Å². The maximum atomic E-state index is 5.76. The highest BCUT2D eigenvalue weighted by atomic mass is 15.0. The van der Waals surface area contributed by atoms with Crippen LogP contribution in [0.3, 0.4) is 0 Å². The number of nitrogen functional groups attached to an aromatic ring is 1. The smallest absolute Gasteiger partial charge is 0.130 e. The highest BCUT2D eigenvalue weighted by molar-refractivity contribution is 5.59. The normalized spacial score (nSPS) is 12.2. The quantitative estimate of drug-likeness (QED) is 0.859. The summed E-state index contributed by atoms with van der Waals surface area (Å²) in [7, 11) is 0. The number of nitrogens with zero attached hydrogens (tertiary/aromatic N) is 1. The van der Waals surface area contributed by atoms with Gasteiger partial charge in [0.25, 0.3) is 0 Å². The van der Waals surface area contributed by atoms with E-state index < -0.39 is 0 Å². The lowest BCUT2D eigenvalue weighted by Gasteiger charge is -2.11. The molecule has 1 atom stereocenters. The first-order chi connectivity index (χ1) is 9.10. The van der Waals surface area contributed by atoms with Crippen molar-refractivity contribution in [3.8, 4) is 0 Å². The van der Waals surface area contributed by atoms with Gasteiger partial charge in [0, 0.05) is 5.69 Å². The van der Waals surface area contributed by atoms with Crippen LogP contribution >= 0.6 is 0 Å². The molecule has 0 saturated heterocycles. The first kappa shape index (κ1) is 13.4. The Kier molecular flexibility index (Phi) is 4.05. The second-order valence-electron chi connectivity index (χ2n) is 4.93. The van der Waals surface area contributed by atoms with Gasteiger partial charge in [0.15, 0.2) is 0 Å². The Hall–Kier alpha value is -2.03. The molecule has 3 nitrogen and oxygen atoms in total. The minimum Gasteiger partial charge on any atom is -0.397 e. The summed E-state index contributed by atoms with van der Waals surface area (Å²) in [6.45, 7) is 6.36. The van der Waals surface area contributed by atoms with E-state index in [9.17, 15) is 0 Å². The van der Waals surface area contributed by atoms with Crippen molar-refractivity contribution in [2.24, 2.45) is 0 Å². The molecule has 0 aliphatic rings. The summed E-state index contributed by atoms with van der Waals surface area (Å²) in [6.07, 6.45) is 1.16. The molecule has 0 fully saturated rings. The van der Waals surface area contributed by atoms with Gasteiger partial charge in [-0.15, -0.1) is 0 Å². The predicted octanol–water partition coefficient (Wildman–Crippen LogP) is 4.23. The summed E-state index contributed by atoms with van der Waals surface area (Å²) in [5.41, 5.74) is 9.74. The number of anilines is 3. The van der Waals surface area contributed by atoms with E-state index in [0.717, 1.165) is 29.3 Å². The summed E-state index contributed by atoms with van der Waals surface area (Å²) in [5, 5.41) is 3.29. The van der Waals surface area contributed by atoms with Crippen LogP contribution in [0.1, 0.15) is 37.4 Å². The fourth-order valence-corrected chi connectivity index (χ4v) is 1.92. The average molecular weight is 255 g/mol. The first-order valence-corrected chi connectivity index (χ1v) is 6.70. The van der Waals surface area contributed by atoms with E-state index in [0.29, 0.717) is 5.92 Å². The van der Waals surface area contributed by atoms with Crippen molar-refractivity contribution in [3.63, 3.8) is 0 Å². The summed E-state index contributed by atoms with van der Waals surface area (Å²) in [6, 6.07) is 12.3. The standard InChI is InChI=1S/C16H21N3/c1-4-11(2)13-5-7-14(8-6-13)19-16-10-9-15(17)12(3)18-16/h5-11H,4,17H2,1-3H3,(H,18,19). The number of aromatic nitrogens is 1. The van der Waals surface area contributed by atoms with Gasteiger partial charge in [-0.05, 0) is 49.1 Å². The lowest BCUT2D eigenvalue weighted by molar-refractivity contribution is 0.734. The maximum absolute atomic E-state index is 5.76. The summed E-state index contributed by atoms with van der Waals surface area (Å²) in [4.78, 5) is 4.41. The third-order valence-corrected chi connectivity index (χ3v) is 3.49. The molecule has 3 N–H and O–H groups in total. The lowest BCUT2D eigenvalue weighted by Crippen LogP contribution is -1.98. The van der Waals surface area contributed by atoms with Crippen molar-refractivity contribution in [1.29, 1.82) is 0 Å². The predicted molar refractivity (Wildman–Crippen MR) is 81.8 cm³/mol. The zero-order valence-corrected chi connectivity index (χ0v) is 11.8. The Morgan fingerprint density at radius 2 is 1.84 bits per heavy atom. The zero-order chi connectivity index (χ0) is 13.8. The van der Waals surface area contributed by atoms with Crippen LogP contribution in [0.25, 0.3) is 0 Å². The largest absolute Gasteiger partial charge is 0.397 e. The fourth-order valence-electron chi connectivity index (χ4n) is 1.92. The number of hydrogen-bond donors (Lipinski definition) is 2. The SMILES string of the molecule is CCC(C)c1ccc(Nc2ccc(N)c(C)n2)cc1. The molecular weight excluding hydrogens is 234 g/mol. The minimum atomic E-state index is 0.603. The van der Waals surface area contributed by atoms with Gasteiger partial charge >= 0.3 is 0 Å². The number of aryl methyl sites for hydroxylation is 1. The minimum absolute atomic E-state index is 0.603. The Bertz CT molecular complexity index is 546. The van der Waals surface area contributed by atoms with Gasteiger partial charge < -0.3 is 11.1 Å². The number of hydrogen-bond acceptors (Lipinski definition) is 3. The summed E-state index contributed by atoms with van der Waals surface area (Å²) >= 11 is 0. The van der Waals surface area contributed by atoms with Crippen molar-refractivity contribution < 1.29 is 0 Å². The average Bonchev–Trinajstić information content (AvgIpc) is 2.43. The van der Waals surface area contributed by atoms with Gasteiger partial charge in [0.2, 0.25) is 0 Å². The third kappa shape index (κ3) is 3.25. The molecule has 0 aliphatic heterocycles. The molecule has 0 amide bonds. The fraction of sp³-hybridized carbons (Fsp3) is 0.312. The second kappa shape index (κ2) is 5.74. The van der Waals surface area contributed by atoms with Crippen LogP contribution < -0.4 is 11.1 Å². The molecule has 1 aromatic carbocycles. The molecule has 0 aliphatic carbocycles. The van der Waals surface area contributed by atoms with Crippen LogP contribution in [0.15, 0.2) is 36.4 Å². The molecule has 0 radical (unpaired) electrons. The molecule has 0 spiro atoms. The molecule has 0 bridgehead atoms. The molecule has 1 heterocycles. The van der Waals surface area contributed by atoms with E-state index in [4.69, 9.17) is 5.73 Å². The molecule has 0 saturated carbocycles. The van der Waals surface area contributed by atoms with E-state index in [1.807, 2.05) is 19.1 Å². The zero-order valence-electron chi connectivity index (χ0n) is 11.8. The van der Waals surface area contributed by atoms with Gasteiger partial charge in [-0.3, -0.25) is 0 Å². The number of pyridine rings is 1. The second-order valence-corrected chi connectivity index (χ2v) is 4.93. The van der Waals surface area contributed by atoms with E-state index in [2.05, 4.69) is 48.4 Å². The van der Waals surface area contributed by atoms with Gasteiger partial charge in [-0.2, -0.15) is 0 Å². The monoisotopic (exact) mass is 255 g/mol. The molecule has 2 rings (SSSR count). The Labute approximate surface area is 114 Å². The maximum Gasteiger partial charge on any atom is 0.130 e. The highest BCUT2D eigenvalue weighted by Crippen LogP contribution is 2.22. The summed E-state index contributed by atoms with van der Waals surface area (Å²) < 4.78 is 0. The van der Waals surface area contributed by atoms with Crippen LogP contribution in [0.4, 0.5) is 17.2 Å². The van der Waals surface area contributed by atoms with Crippen LogP contribution in [-0.2, 0) is 0 Å². The van der Waals surface area contributed by atoms with Crippen LogP contribution in [-0.4, -0.2) is 4.98 Å². The van der Waals surface area contributed by atoms with Gasteiger partial charge in [0.05, 0.1) is 11.4 Å². The molecule has 2 aromatic rings. The van der Waals surface area contributed by atoms with Crippen molar-refractivity contribution in [2.45, 2.75) is 33.1 Å². The Morgan fingerprint density at radius 1 is 1.16 bits per heavy atom. The molecule has 3 heteroatoms. The van der Waals surface area contributed by atoms with Crippen LogP contribution in [0.5, 0.6) is 0 Å². The van der Waals surface area contributed by atoms with Crippen molar-refractivity contribution >= 4 is 17.2 Å². The molecule has 100 valence electrons. The molecular formula is C16H21N3. The number of benzene rings is 1. The molecule has 1 aromatic heterocycles. The van der Waals surface area contributed by atoms with E-state index in [1.165, 1.54) is 5.56 Å². The van der Waals surface area contributed by atoms with Crippen molar-refractivity contribution in [2.75, 3.05) is 11.1 Å². The van der Waals surface area contributed by atoms with Crippen LogP contribution in [0, 0.1) is 6.92 Å². The molecule has 1 unspecified atom stereocenters. The number of nitrogens with one attached hydrogen (secondary N) is 1. The molecule has 19 heavy (non-hydrogen) atoms. The van der Waals surface area contributed by atoms with E-state index in [-0.39, 0.29) is 0 Å². The first-order valence-electron chi connectivity index (χ1n) is 6.70. The Balaban J connectivity index is 2.12. The topological polar surface area (TPSA) is 50.9 Å². The third-order valence-electron chi connectivity index (χ3n) is 3.49. The number of rotatable bonds is 4. The highest BCUT2D eigenvalue weighted by Gasteiger charge is 2.03. The van der Waals surface area contributed by atoms with Gasteiger partial charge in [0.1, 0.15) is 5.82 Å². The number of nitrogens with two attached hydrogens (primary N) is 1. The van der Waals surface area contributed by atoms with E-state index in [1.54, 1.807) is 0 Å². The summed E-state index contributed by atoms with van der Waals surface area (Å²) in [5.74, 6) is 1.42. The van der Waals surface area contributed by atoms with Crippen molar-refractivity contribution in [3.05, 3.63) is 47.7 Å². The Morgan fingerprint density at radius 3 is 2.42 bits per heavy atom.